The SMILES string of the molecule is CC(C)c1cccc2cc(C(C)CCC(C)c3ccn4c3CN(C(C)C)CC4)[nH]c12. The molecule has 0 spiro atoms. The fourth-order valence-corrected chi connectivity index (χ4v) is 5.07. The average molecular weight is 406 g/mol. The molecule has 3 aromatic rings. The van der Waals surface area contributed by atoms with Gasteiger partial charge < -0.3 is 9.55 Å². The molecule has 1 aliphatic rings. The molecule has 4 rings (SSSR count). The Labute approximate surface area is 182 Å². The lowest BCUT2D eigenvalue weighted by Gasteiger charge is -2.33. The number of para-hydroxylation sites is 1. The fraction of sp³-hybridized carbons (Fsp3) is 0.556. The van der Waals surface area contributed by atoms with Crippen LogP contribution < -0.4 is 0 Å². The first-order valence-electron chi connectivity index (χ1n) is 11.9. The van der Waals surface area contributed by atoms with Crippen LogP contribution in [0.25, 0.3) is 10.9 Å². The van der Waals surface area contributed by atoms with Crippen LogP contribution in [-0.4, -0.2) is 27.0 Å². The van der Waals surface area contributed by atoms with Gasteiger partial charge in [0.05, 0.1) is 0 Å². The van der Waals surface area contributed by atoms with Gasteiger partial charge in [-0.05, 0) is 73.1 Å². The molecule has 0 fully saturated rings. The van der Waals surface area contributed by atoms with Crippen LogP contribution in [0, 0.1) is 0 Å². The summed E-state index contributed by atoms with van der Waals surface area (Å²) in [4.78, 5) is 6.36. The van der Waals surface area contributed by atoms with Crippen molar-refractivity contribution >= 4 is 10.9 Å². The van der Waals surface area contributed by atoms with Crippen molar-refractivity contribution in [2.45, 2.75) is 91.3 Å². The molecule has 2 atom stereocenters. The van der Waals surface area contributed by atoms with Gasteiger partial charge in [0.2, 0.25) is 0 Å². The fourth-order valence-electron chi connectivity index (χ4n) is 5.07. The van der Waals surface area contributed by atoms with Crippen LogP contribution in [0.3, 0.4) is 0 Å². The summed E-state index contributed by atoms with van der Waals surface area (Å²) in [5.41, 5.74) is 7.25. The van der Waals surface area contributed by atoms with E-state index >= 15 is 0 Å². The second-order valence-corrected chi connectivity index (χ2v) is 10.0. The van der Waals surface area contributed by atoms with Crippen LogP contribution in [0.2, 0.25) is 0 Å². The minimum atomic E-state index is 0.543. The van der Waals surface area contributed by atoms with E-state index in [1.807, 2.05) is 0 Å². The summed E-state index contributed by atoms with van der Waals surface area (Å²) in [6.07, 6.45) is 4.75. The van der Waals surface area contributed by atoms with Crippen LogP contribution in [0.5, 0.6) is 0 Å². The molecule has 30 heavy (non-hydrogen) atoms. The number of rotatable bonds is 7. The average Bonchev–Trinajstić information content (AvgIpc) is 3.34. The summed E-state index contributed by atoms with van der Waals surface area (Å²) in [5.74, 6) is 1.69. The maximum atomic E-state index is 3.76. The minimum Gasteiger partial charge on any atom is -0.358 e. The van der Waals surface area contributed by atoms with Gasteiger partial charge in [0, 0.05) is 48.8 Å². The zero-order chi connectivity index (χ0) is 21.4. The van der Waals surface area contributed by atoms with Crippen LogP contribution in [0.4, 0.5) is 0 Å². The van der Waals surface area contributed by atoms with Gasteiger partial charge in [-0.3, -0.25) is 4.90 Å². The van der Waals surface area contributed by atoms with Gasteiger partial charge in [-0.2, -0.15) is 0 Å². The number of fused-ring (bicyclic) bond motifs is 2. The smallest absolute Gasteiger partial charge is 0.0491 e. The second-order valence-electron chi connectivity index (χ2n) is 10.0. The molecule has 1 aliphatic heterocycles. The Balaban J connectivity index is 1.45. The Morgan fingerprint density at radius 2 is 1.67 bits per heavy atom. The number of hydrogen-bond donors (Lipinski definition) is 1. The van der Waals surface area contributed by atoms with Gasteiger partial charge in [0.15, 0.2) is 0 Å². The number of benzene rings is 1. The molecule has 0 bridgehead atoms. The maximum absolute atomic E-state index is 3.76. The highest BCUT2D eigenvalue weighted by atomic mass is 15.2. The van der Waals surface area contributed by atoms with Crippen molar-refractivity contribution in [3.8, 4) is 0 Å². The van der Waals surface area contributed by atoms with Crippen molar-refractivity contribution in [2.24, 2.45) is 0 Å². The van der Waals surface area contributed by atoms with E-state index in [4.69, 9.17) is 0 Å². The highest BCUT2D eigenvalue weighted by Crippen LogP contribution is 2.33. The number of nitrogens with one attached hydrogen (secondary N) is 1. The molecule has 3 heterocycles. The van der Waals surface area contributed by atoms with E-state index in [-0.39, 0.29) is 0 Å². The molecule has 0 saturated carbocycles. The highest BCUT2D eigenvalue weighted by Gasteiger charge is 2.23. The number of hydrogen-bond acceptors (Lipinski definition) is 1. The van der Waals surface area contributed by atoms with E-state index in [1.165, 1.54) is 41.5 Å². The van der Waals surface area contributed by atoms with Crippen molar-refractivity contribution < 1.29 is 0 Å². The molecule has 1 N–H and O–H groups in total. The second kappa shape index (κ2) is 8.63. The van der Waals surface area contributed by atoms with E-state index in [1.54, 1.807) is 11.3 Å². The summed E-state index contributed by atoms with van der Waals surface area (Å²) >= 11 is 0. The topological polar surface area (TPSA) is 24.0 Å². The number of H-pyrrole nitrogens is 1. The molecular formula is C27H39N3. The zero-order valence-corrected chi connectivity index (χ0v) is 19.7. The first-order chi connectivity index (χ1) is 14.3. The van der Waals surface area contributed by atoms with E-state index in [0.717, 1.165) is 13.1 Å². The van der Waals surface area contributed by atoms with E-state index in [2.05, 4.69) is 92.5 Å². The lowest BCUT2D eigenvalue weighted by atomic mass is 9.91. The summed E-state index contributed by atoms with van der Waals surface area (Å²) in [6, 6.07) is 12.1. The first kappa shape index (κ1) is 21.2. The third-order valence-electron chi connectivity index (χ3n) is 7.25. The van der Waals surface area contributed by atoms with Gasteiger partial charge >= 0.3 is 0 Å². The van der Waals surface area contributed by atoms with E-state index in [0.29, 0.717) is 23.8 Å². The number of aromatic nitrogens is 2. The summed E-state index contributed by atoms with van der Waals surface area (Å²) in [7, 11) is 0. The molecule has 2 unspecified atom stereocenters. The molecule has 0 aliphatic carbocycles. The minimum absolute atomic E-state index is 0.543. The van der Waals surface area contributed by atoms with E-state index in [9.17, 15) is 0 Å². The first-order valence-corrected chi connectivity index (χ1v) is 11.9. The van der Waals surface area contributed by atoms with Gasteiger partial charge in [0.1, 0.15) is 0 Å². The Morgan fingerprint density at radius 1 is 0.900 bits per heavy atom. The molecule has 3 heteroatoms. The van der Waals surface area contributed by atoms with Crippen molar-refractivity contribution in [1.82, 2.24) is 14.5 Å². The van der Waals surface area contributed by atoms with Gasteiger partial charge in [-0.1, -0.05) is 45.9 Å². The molecule has 0 saturated heterocycles. The van der Waals surface area contributed by atoms with Crippen LogP contribution in [0.1, 0.15) is 94.7 Å². The molecule has 1 aromatic carbocycles. The summed E-state index contributed by atoms with van der Waals surface area (Å²) < 4.78 is 2.49. The predicted octanol–water partition coefficient (Wildman–Crippen LogP) is 7.00. The molecule has 0 amide bonds. The molecule has 0 radical (unpaired) electrons. The maximum Gasteiger partial charge on any atom is 0.0491 e. The Bertz CT molecular complexity index is 991. The van der Waals surface area contributed by atoms with Crippen molar-refractivity contribution in [3.63, 3.8) is 0 Å². The van der Waals surface area contributed by atoms with Gasteiger partial charge in [-0.15, -0.1) is 0 Å². The van der Waals surface area contributed by atoms with Gasteiger partial charge in [-0.25, -0.2) is 0 Å². The summed E-state index contributed by atoms with van der Waals surface area (Å²) in [6.45, 7) is 17.4. The Morgan fingerprint density at radius 3 is 2.40 bits per heavy atom. The number of nitrogens with zero attached hydrogens (tertiary/aromatic N) is 2. The van der Waals surface area contributed by atoms with Crippen LogP contribution in [0.15, 0.2) is 36.5 Å². The molecular weight excluding hydrogens is 366 g/mol. The monoisotopic (exact) mass is 405 g/mol. The molecule has 162 valence electrons. The molecule has 2 aromatic heterocycles. The quantitative estimate of drug-likeness (QED) is 0.449. The van der Waals surface area contributed by atoms with Crippen LogP contribution >= 0.6 is 0 Å². The Hall–Kier alpha value is -2.00. The van der Waals surface area contributed by atoms with Crippen molar-refractivity contribution in [2.75, 3.05) is 6.54 Å². The standard InChI is InChI=1S/C27H39N3/c1-18(2)23-9-7-8-22-16-25(28-27(22)23)21(6)11-10-20(5)24-12-13-29-14-15-30(19(3)4)17-26(24)29/h7-9,12-13,16,18-21,28H,10-11,14-15,17H2,1-6H3. The van der Waals surface area contributed by atoms with Gasteiger partial charge in [0.25, 0.3) is 0 Å². The third kappa shape index (κ3) is 4.09. The third-order valence-corrected chi connectivity index (χ3v) is 7.25. The highest BCUT2D eigenvalue weighted by molar-refractivity contribution is 5.84. The largest absolute Gasteiger partial charge is 0.358 e. The normalized spacial score (nSPS) is 17.1. The molecule has 3 nitrogen and oxygen atoms in total. The van der Waals surface area contributed by atoms with Crippen molar-refractivity contribution in [3.05, 3.63) is 59.0 Å². The Kier molecular flexibility index (Phi) is 6.11. The van der Waals surface area contributed by atoms with Crippen molar-refractivity contribution in [1.29, 1.82) is 0 Å². The predicted molar refractivity (Wildman–Crippen MR) is 128 cm³/mol. The van der Waals surface area contributed by atoms with Crippen LogP contribution in [-0.2, 0) is 13.1 Å². The summed E-state index contributed by atoms with van der Waals surface area (Å²) in [5, 5.41) is 1.35. The van der Waals surface area contributed by atoms with E-state index < -0.39 is 0 Å². The number of aromatic amines is 1. The lowest BCUT2D eigenvalue weighted by molar-refractivity contribution is 0.176. The lowest BCUT2D eigenvalue weighted by Crippen LogP contribution is -2.38. The zero-order valence-electron chi connectivity index (χ0n) is 19.7.